The van der Waals surface area contributed by atoms with Gasteiger partial charge in [-0.1, -0.05) is 54.6 Å². The van der Waals surface area contributed by atoms with Crippen molar-refractivity contribution >= 4 is 32.3 Å². The quantitative estimate of drug-likeness (QED) is 0.262. The van der Waals surface area contributed by atoms with Crippen LogP contribution in [0.4, 0.5) is 0 Å². The number of hydrogen-bond donors (Lipinski definition) is 0. The summed E-state index contributed by atoms with van der Waals surface area (Å²) in [5.41, 5.74) is 2.99. The minimum Gasteiger partial charge on any atom is -0.0616 e. The third-order valence-electron chi connectivity index (χ3n) is 4.43. The van der Waals surface area contributed by atoms with Crippen LogP contribution >= 0.6 is 0 Å². The largest absolute Gasteiger partial charge is 0.0616 e. The van der Waals surface area contributed by atoms with Crippen molar-refractivity contribution in [3.05, 3.63) is 71.8 Å². The van der Waals surface area contributed by atoms with Gasteiger partial charge in [0.25, 0.3) is 0 Å². The summed E-state index contributed by atoms with van der Waals surface area (Å²) >= 11 is 0. The van der Waals surface area contributed by atoms with Gasteiger partial charge in [-0.25, -0.2) is 0 Å². The van der Waals surface area contributed by atoms with E-state index in [1.807, 2.05) is 0 Å². The maximum atomic E-state index is 2.33. The topological polar surface area (TPSA) is 0 Å². The van der Waals surface area contributed by atoms with Gasteiger partial charge in [-0.05, 0) is 55.9 Å². The molecule has 0 saturated carbocycles. The molecule has 0 bridgehead atoms. The SMILES string of the molecule is c1ccc2c3c4c(ccc5cccc(c54)C3)cc2c1. The zero-order valence-corrected chi connectivity index (χ0v) is 10.5. The minimum absolute atomic E-state index is 1.08. The van der Waals surface area contributed by atoms with Gasteiger partial charge in [-0.2, -0.15) is 0 Å². The lowest BCUT2D eigenvalue weighted by Crippen LogP contribution is -1.84. The molecule has 5 rings (SSSR count). The number of hydrogen-bond acceptors (Lipinski definition) is 0. The van der Waals surface area contributed by atoms with Crippen LogP contribution < -0.4 is 0 Å². The highest BCUT2D eigenvalue weighted by Gasteiger charge is 2.18. The zero-order chi connectivity index (χ0) is 12.4. The van der Waals surface area contributed by atoms with E-state index in [0.29, 0.717) is 0 Å². The molecule has 0 aliphatic heterocycles. The molecule has 0 heteroatoms. The molecule has 19 heavy (non-hydrogen) atoms. The van der Waals surface area contributed by atoms with Crippen molar-refractivity contribution in [2.24, 2.45) is 0 Å². The second-order valence-electron chi connectivity index (χ2n) is 5.43. The fourth-order valence-corrected chi connectivity index (χ4v) is 3.64. The first-order valence-corrected chi connectivity index (χ1v) is 6.77. The summed E-state index contributed by atoms with van der Waals surface area (Å²) in [4.78, 5) is 0. The normalized spacial score (nSPS) is 13.1. The van der Waals surface area contributed by atoms with Gasteiger partial charge in [0, 0.05) is 0 Å². The van der Waals surface area contributed by atoms with E-state index in [1.54, 1.807) is 0 Å². The lowest BCUT2D eigenvalue weighted by atomic mass is 9.97. The van der Waals surface area contributed by atoms with Gasteiger partial charge in [0.1, 0.15) is 0 Å². The van der Waals surface area contributed by atoms with Gasteiger partial charge in [-0.15, -0.1) is 0 Å². The second kappa shape index (κ2) is 3.16. The molecule has 1 aliphatic carbocycles. The van der Waals surface area contributed by atoms with Crippen LogP contribution in [-0.2, 0) is 6.42 Å². The van der Waals surface area contributed by atoms with Crippen LogP contribution in [0, 0.1) is 0 Å². The van der Waals surface area contributed by atoms with Crippen molar-refractivity contribution in [2.45, 2.75) is 6.42 Å². The molecule has 0 saturated heterocycles. The van der Waals surface area contributed by atoms with Gasteiger partial charge in [0.05, 0.1) is 0 Å². The van der Waals surface area contributed by atoms with E-state index < -0.39 is 0 Å². The van der Waals surface area contributed by atoms with Gasteiger partial charge in [0.2, 0.25) is 0 Å². The third-order valence-corrected chi connectivity index (χ3v) is 4.43. The van der Waals surface area contributed by atoms with E-state index in [9.17, 15) is 0 Å². The van der Waals surface area contributed by atoms with Crippen LogP contribution in [0.25, 0.3) is 32.3 Å². The molecule has 0 amide bonds. The fraction of sp³-hybridized carbons (Fsp3) is 0.0526. The lowest BCUT2D eigenvalue weighted by molar-refractivity contribution is 1.29. The van der Waals surface area contributed by atoms with Crippen molar-refractivity contribution < 1.29 is 0 Å². The summed E-state index contributed by atoms with van der Waals surface area (Å²) in [6.45, 7) is 0. The van der Waals surface area contributed by atoms with Gasteiger partial charge in [0.15, 0.2) is 0 Å². The second-order valence-corrected chi connectivity index (χ2v) is 5.43. The molecule has 0 heterocycles. The Balaban J connectivity index is 2.15. The van der Waals surface area contributed by atoms with Crippen LogP contribution in [0.1, 0.15) is 11.1 Å². The third kappa shape index (κ3) is 1.09. The molecule has 0 radical (unpaired) electrons. The van der Waals surface area contributed by atoms with Crippen LogP contribution in [0.2, 0.25) is 0 Å². The van der Waals surface area contributed by atoms with Crippen LogP contribution in [-0.4, -0.2) is 0 Å². The highest BCUT2D eigenvalue weighted by atomic mass is 14.2. The summed E-state index contributed by atoms with van der Waals surface area (Å²) in [6.07, 6.45) is 1.08. The molecule has 4 aromatic rings. The van der Waals surface area contributed by atoms with Gasteiger partial charge < -0.3 is 0 Å². The Labute approximate surface area is 111 Å². The molecule has 0 nitrogen and oxygen atoms in total. The number of rotatable bonds is 0. The zero-order valence-electron chi connectivity index (χ0n) is 10.5. The van der Waals surface area contributed by atoms with Crippen molar-refractivity contribution in [1.82, 2.24) is 0 Å². The molecule has 1 aliphatic rings. The summed E-state index contributed by atoms with van der Waals surface area (Å²) in [5, 5.41) is 8.48. The Kier molecular flexibility index (Phi) is 1.59. The highest BCUT2D eigenvalue weighted by Crippen LogP contribution is 2.41. The molecule has 0 aromatic heterocycles. The standard InChI is InChI=1S/C19H12/c1-2-7-16-13(4-1)10-15-9-8-12-5-3-6-14-11-17(16)19(15)18(12)14/h1-10H,11H2. The molecule has 88 valence electrons. The van der Waals surface area contributed by atoms with Crippen molar-refractivity contribution in [3.63, 3.8) is 0 Å². The molecule has 0 atom stereocenters. The van der Waals surface area contributed by atoms with Crippen LogP contribution in [0.15, 0.2) is 60.7 Å². The monoisotopic (exact) mass is 240 g/mol. The molecule has 0 N–H and O–H groups in total. The minimum atomic E-state index is 1.08. The first-order valence-electron chi connectivity index (χ1n) is 6.77. The van der Waals surface area contributed by atoms with Crippen molar-refractivity contribution in [2.75, 3.05) is 0 Å². The fourth-order valence-electron chi connectivity index (χ4n) is 3.64. The Morgan fingerprint density at radius 1 is 0.632 bits per heavy atom. The maximum Gasteiger partial charge on any atom is -0.000684 e. The Hall–Kier alpha value is -2.34. The first kappa shape index (κ1) is 9.57. The van der Waals surface area contributed by atoms with Gasteiger partial charge >= 0.3 is 0 Å². The summed E-state index contributed by atoms with van der Waals surface area (Å²) in [5.74, 6) is 0. The Morgan fingerprint density at radius 3 is 2.47 bits per heavy atom. The molecular formula is C19H12. The van der Waals surface area contributed by atoms with Crippen LogP contribution in [0.5, 0.6) is 0 Å². The van der Waals surface area contributed by atoms with Crippen molar-refractivity contribution in [1.29, 1.82) is 0 Å². The predicted octanol–water partition coefficient (Wildman–Crippen LogP) is 5.05. The Bertz CT molecular complexity index is 976. The number of benzene rings is 4. The highest BCUT2D eigenvalue weighted by molar-refractivity contribution is 6.18. The van der Waals surface area contributed by atoms with Crippen LogP contribution in [0.3, 0.4) is 0 Å². The van der Waals surface area contributed by atoms with E-state index in [4.69, 9.17) is 0 Å². The van der Waals surface area contributed by atoms with E-state index in [-0.39, 0.29) is 0 Å². The first-order chi connectivity index (χ1) is 9.42. The van der Waals surface area contributed by atoms with E-state index in [0.717, 1.165) is 6.42 Å². The van der Waals surface area contributed by atoms with Gasteiger partial charge in [-0.3, -0.25) is 0 Å². The van der Waals surface area contributed by atoms with Crippen molar-refractivity contribution in [3.8, 4) is 0 Å². The molecule has 0 spiro atoms. The molecule has 4 aromatic carbocycles. The lowest BCUT2D eigenvalue weighted by Gasteiger charge is -2.07. The Morgan fingerprint density at radius 2 is 1.47 bits per heavy atom. The molecule has 0 unspecified atom stereocenters. The van der Waals surface area contributed by atoms with E-state index >= 15 is 0 Å². The smallest absolute Gasteiger partial charge is 0.000684 e. The van der Waals surface area contributed by atoms with E-state index in [1.165, 1.54) is 43.4 Å². The van der Waals surface area contributed by atoms with E-state index in [2.05, 4.69) is 60.7 Å². The predicted molar refractivity (Wildman–Crippen MR) is 81.8 cm³/mol. The summed E-state index contributed by atoms with van der Waals surface area (Å²) in [6, 6.07) is 22.3. The average Bonchev–Trinajstić information content (AvgIpc) is 2.85. The summed E-state index contributed by atoms with van der Waals surface area (Å²) < 4.78 is 0. The molecule has 0 fully saturated rings. The maximum absolute atomic E-state index is 2.33. The molecular weight excluding hydrogens is 228 g/mol. The average molecular weight is 240 g/mol. The number of fused-ring (bicyclic) bond motifs is 2. The summed E-state index contributed by atoms with van der Waals surface area (Å²) in [7, 11) is 0.